The molecule has 0 aromatic rings. The van der Waals surface area contributed by atoms with Crippen LogP contribution in [0.25, 0.3) is 0 Å². The molecule has 1 amide bonds. The fraction of sp³-hybridized carbons (Fsp3) is 0.750. The molecular formula is C12H22N4O2. The molecule has 2 rings (SSSR count). The number of cyclic esters (lactones) is 1. The number of rotatable bonds is 4. The lowest BCUT2D eigenvalue weighted by Crippen LogP contribution is -2.44. The van der Waals surface area contributed by atoms with E-state index >= 15 is 0 Å². The van der Waals surface area contributed by atoms with E-state index in [9.17, 15) is 4.79 Å². The van der Waals surface area contributed by atoms with Gasteiger partial charge < -0.3 is 14.5 Å². The first-order valence-corrected chi connectivity index (χ1v) is 6.43. The van der Waals surface area contributed by atoms with Gasteiger partial charge >= 0.3 is 6.09 Å². The third kappa shape index (κ3) is 3.01. The van der Waals surface area contributed by atoms with Crippen molar-refractivity contribution in [2.75, 3.05) is 39.8 Å². The van der Waals surface area contributed by atoms with Crippen molar-refractivity contribution in [3.05, 3.63) is 12.3 Å². The van der Waals surface area contributed by atoms with Crippen molar-refractivity contribution in [2.24, 2.45) is 5.84 Å². The molecule has 0 radical (unpaired) electrons. The maximum atomic E-state index is 11.2. The Bertz CT molecular complexity index is 326. The zero-order valence-electron chi connectivity index (χ0n) is 11.0. The predicted octanol–water partition coefficient (Wildman–Crippen LogP) is 0.222. The van der Waals surface area contributed by atoms with E-state index in [1.807, 2.05) is 0 Å². The van der Waals surface area contributed by atoms with Crippen LogP contribution < -0.4 is 5.84 Å². The molecule has 0 bridgehead atoms. The number of amides is 1. The van der Waals surface area contributed by atoms with E-state index < -0.39 is 6.09 Å². The van der Waals surface area contributed by atoms with Crippen LogP contribution in [0.5, 0.6) is 0 Å². The van der Waals surface area contributed by atoms with Gasteiger partial charge in [-0.05, 0) is 26.4 Å². The summed E-state index contributed by atoms with van der Waals surface area (Å²) in [6.07, 6.45) is 1.05. The molecule has 6 heteroatoms. The van der Waals surface area contributed by atoms with Gasteiger partial charge in [0.05, 0.1) is 5.70 Å². The molecule has 0 spiro atoms. The van der Waals surface area contributed by atoms with Crippen molar-refractivity contribution in [3.8, 4) is 0 Å². The van der Waals surface area contributed by atoms with Crippen LogP contribution in [0.3, 0.4) is 0 Å². The number of ether oxygens (including phenoxy) is 1. The first-order valence-electron chi connectivity index (χ1n) is 6.43. The van der Waals surface area contributed by atoms with Crippen LogP contribution in [-0.4, -0.2) is 66.8 Å². The number of hydrogen-bond acceptors (Lipinski definition) is 5. The topological polar surface area (TPSA) is 62.0 Å². The summed E-state index contributed by atoms with van der Waals surface area (Å²) in [5, 5.41) is 1.00. The van der Waals surface area contributed by atoms with Gasteiger partial charge in [0.25, 0.3) is 0 Å². The van der Waals surface area contributed by atoms with E-state index in [0.29, 0.717) is 5.70 Å². The molecule has 0 saturated carbocycles. The zero-order chi connectivity index (χ0) is 13.1. The van der Waals surface area contributed by atoms with Gasteiger partial charge in [0.2, 0.25) is 0 Å². The van der Waals surface area contributed by atoms with Crippen molar-refractivity contribution in [3.63, 3.8) is 0 Å². The van der Waals surface area contributed by atoms with Crippen LogP contribution >= 0.6 is 0 Å². The summed E-state index contributed by atoms with van der Waals surface area (Å²) in [6, 6.07) is 0. The molecular weight excluding hydrogens is 232 g/mol. The number of likely N-dealkylation sites (N-methyl/N-ethyl adjacent to an activating group) is 1. The van der Waals surface area contributed by atoms with E-state index in [-0.39, 0.29) is 6.10 Å². The number of piperazine rings is 1. The third-order valence-corrected chi connectivity index (χ3v) is 3.66. The average molecular weight is 254 g/mol. The van der Waals surface area contributed by atoms with E-state index in [1.54, 1.807) is 0 Å². The van der Waals surface area contributed by atoms with Gasteiger partial charge in [-0.15, -0.1) is 0 Å². The third-order valence-electron chi connectivity index (χ3n) is 3.66. The van der Waals surface area contributed by atoms with E-state index in [2.05, 4.69) is 23.4 Å². The second-order valence-corrected chi connectivity index (χ2v) is 5.02. The molecule has 1 unspecified atom stereocenters. The number of carbonyl (C=O) groups is 1. The maximum Gasteiger partial charge on any atom is 0.429 e. The number of nitrogens with two attached hydrogens (primary N) is 1. The summed E-state index contributed by atoms with van der Waals surface area (Å²) in [5.41, 5.74) is 0.568. The normalized spacial score (nSPS) is 26.8. The summed E-state index contributed by atoms with van der Waals surface area (Å²) in [4.78, 5) is 16.0. The van der Waals surface area contributed by atoms with Gasteiger partial charge in [0.1, 0.15) is 6.10 Å². The quantitative estimate of drug-likeness (QED) is 0.574. The average Bonchev–Trinajstić information content (AvgIpc) is 2.60. The van der Waals surface area contributed by atoms with E-state index in [4.69, 9.17) is 10.6 Å². The van der Waals surface area contributed by atoms with Crippen LogP contribution in [0.2, 0.25) is 0 Å². The van der Waals surface area contributed by atoms with Crippen molar-refractivity contribution >= 4 is 6.09 Å². The Balaban J connectivity index is 1.67. The summed E-state index contributed by atoms with van der Waals surface area (Å²) < 4.78 is 5.13. The van der Waals surface area contributed by atoms with E-state index in [1.165, 1.54) is 0 Å². The Labute approximate surface area is 108 Å². The Hall–Kier alpha value is -1.11. The van der Waals surface area contributed by atoms with Crippen LogP contribution in [0.1, 0.15) is 12.8 Å². The molecule has 2 N–H and O–H groups in total. The monoisotopic (exact) mass is 254 g/mol. The Kier molecular flexibility index (Phi) is 4.21. The highest BCUT2D eigenvalue weighted by molar-refractivity contribution is 5.72. The highest BCUT2D eigenvalue weighted by Crippen LogP contribution is 2.22. The summed E-state index contributed by atoms with van der Waals surface area (Å²) in [5.74, 6) is 5.49. The lowest BCUT2D eigenvalue weighted by molar-refractivity contribution is 0.121. The molecule has 2 aliphatic rings. The highest BCUT2D eigenvalue weighted by Gasteiger charge is 2.33. The Morgan fingerprint density at radius 1 is 1.39 bits per heavy atom. The molecule has 0 aromatic heterocycles. The van der Waals surface area contributed by atoms with Gasteiger partial charge in [-0.25, -0.2) is 15.6 Å². The molecule has 0 aliphatic carbocycles. The molecule has 2 aliphatic heterocycles. The van der Waals surface area contributed by atoms with Gasteiger partial charge in [-0.2, -0.15) is 0 Å². The first-order chi connectivity index (χ1) is 8.58. The predicted molar refractivity (Wildman–Crippen MR) is 68.6 cm³/mol. The minimum absolute atomic E-state index is 0.241. The molecule has 2 fully saturated rings. The largest absolute Gasteiger partial charge is 0.438 e. The first kappa shape index (κ1) is 13.3. The van der Waals surface area contributed by atoms with Gasteiger partial charge in [-0.1, -0.05) is 6.58 Å². The molecule has 6 nitrogen and oxygen atoms in total. The van der Waals surface area contributed by atoms with Gasteiger partial charge in [-0.3, -0.25) is 0 Å². The van der Waals surface area contributed by atoms with Gasteiger partial charge in [0.15, 0.2) is 0 Å². The number of hydrazine groups is 1. The van der Waals surface area contributed by atoms with Crippen LogP contribution in [0, 0.1) is 0 Å². The SMILES string of the molecule is C=C1C(CCCN2CCN(C)CC2)OC(=O)N1N. The van der Waals surface area contributed by atoms with E-state index in [0.717, 1.165) is 50.6 Å². The molecule has 2 saturated heterocycles. The minimum atomic E-state index is -0.496. The fourth-order valence-electron chi connectivity index (χ4n) is 2.32. The summed E-state index contributed by atoms with van der Waals surface area (Å²) >= 11 is 0. The maximum absolute atomic E-state index is 11.2. The second kappa shape index (κ2) is 5.69. The van der Waals surface area contributed by atoms with Gasteiger partial charge in [0, 0.05) is 26.2 Å². The summed E-state index contributed by atoms with van der Waals surface area (Å²) in [6.45, 7) is 9.30. The van der Waals surface area contributed by atoms with Crippen molar-refractivity contribution < 1.29 is 9.53 Å². The number of hydrogen-bond donors (Lipinski definition) is 1. The lowest BCUT2D eigenvalue weighted by atomic mass is 10.1. The Morgan fingerprint density at radius 2 is 2.06 bits per heavy atom. The Morgan fingerprint density at radius 3 is 2.61 bits per heavy atom. The fourth-order valence-corrected chi connectivity index (χ4v) is 2.32. The number of nitrogens with zero attached hydrogens (tertiary/aromatic N) is 3. The second-order valence-electron chi connectivity index (χ2n) is 5.02. The van der Waals surface area contributed by atoms with Crippen LogP contribution in [0.4, 0.5) is 4.79 Å². The van der Waals surface area contributed by atoms with Crippen LogP contribution in [-0.2, 0) is 4.74 Å². The molecule has 2 heterocycles. The zero-order valence-corrected chi connectivity index (χ0v) is 11.0. The minimum Gasteiger partial charge on any atom is -0.438 e. The van der Waals surface area contributed by atoms with Crippen LogP contribution in [0.15, 0.2) is 12.3 Å². The standard InChI is InChI=1S/C12H22N4O2/c1-10-11(18-12(17)16(10)13)4-3-5-15-8-6-14(2)7-9-15/h11H,1,3-9,13H2,2H3. The molecule has 0 aromatic carbocycles. The highest BCUT2D eigenvalue weighted by atomic mass is 16.6. The molecule has 18 heavy (non-hydrogen) atoms. The molecule has 102 valence electrons. The van der Waals surface area contributed by atoms with Crippen molar-refractivity contribution in [1.29, 1.82) is 0 Å². The number of carbonyl (C=O) groups excluding carboxylic acids is 1. The lowest BCUT2D eigenvalue weighted by Gasteiger charge is -2.32. The molecule has 1 atom stereocenters. The summed E-state index contributed by atoms with van der Waals surface area (Å²) in [7, 11) is 2.15. The van der Waals surface area contributed by atoms with Crippen molar-refractivity contribution in [1.82, 2.24) is 14.8 Å². The smallest absolute Gasteiger partial charge is 0.429 e. The van der Waals surface area contributed by atoms with Crippen molar-refractivity contribution in [2.45, 2.75) is 18.9 Å².